The number of benzene rings is 5. The number of nitrogens with two attached hydrogens (primary N) is 2. The Morgan fingerprint density at radius 3 is 1.89 bits per heavy atom. The van der Waals surface area contributed by atoms with Crippen LogP contribution in [0.2, 0.25) is 10.0 Å². The summed E-state index contributed by atoms with van der Waals surface area (Å²) in [7, 11) is 1.47. The molecule has 7 amide bonds. The normalized spacial score (nSPS) is 29.1. The predicted molar refractivity (Wildman–Crippen MR) is 357 cm³/mol. The first kappa shape index (κ1) is 77.3. The first-order chi connectivity index (χ1) is 47.7. The molecule has 5 aromatic rings. The summed E-state index contributed by atoms with van der Waals surface area (Å²) in [5, 5.41) is 131. The van der Waals surface area contributed by atoms with Crippen LogP contribution < -0.4 is 62.9 Å². The van der Waals surface area contributed by atoms with Crippen LogP contribution in [0.1, 0.15) is 105 Å². The van der Waals surface area contributed by atoms with Crippen LogP contribution in [0.25, 0.3) is 11.1 Å². The number of nitrogens with one attached hydrogen (secondary N) is 7. The Bertz CT molecular complexity index is 4080. The molecule has 0 aliphatic carbocycles. The average Bonchev–Trinajstić information content (AvgIpc) is 0.773. The van der Waals surface area contributed by atoms with Crippen molar-refractivity contribution in [3.05, 3.63) is 117 Å². The van der Waals surface area contributed by atoms with Crippen molar-refractivity contribution in [1.82, 2.24) is 37.2 Å². The minimum Gasteiger partial charge on any atom is -0.508 e. The number of phenols is 3. The lowest BCUT2D eigenvalue weighted by molar-refractivity contribution is -0.333. The zero-order valence-corrected chi connectivity index (χ0v) is 57.1. The fourth-order valence-corrected chi connectivity index (χ4v) is 12.9. The standard InChI is InChI=1S/C66H75Cl2N9O24.ClH/c1-23(2)12-34(71-5)58(88)76-49-51(83)26-7-10-38(32(67)14-26)97-40-16-28-17-41(55(40)101-65-56(54(86)53(85)42(22-78)99-65)100-44-21-66(4,70)57(87)24(3)96-44)98-39-11-8-27(15-33(39)68)52(84)50-63(93)75-48(64(94)95)31-18-29(79)19-37(81)45(31)30-13-25(6-9-36(30)80)46(60(90)77-50)74-61(91)47(28)73-59(89)35(20-43(69)82)72-62(49)92;/h6-11,13-19,23-24,34-35,42,44,46-54,56-57,65,71,78-81,83-87H,12,20-22,70H2,1-5H3,(H2,69,82)(H,72,92)(H,73,89)(H,74,91)(H,75,93)(H,76,88)(H,77,90)(H,94,95);1H/t24-,34-,35+,42+,44-,46-,47-,48-,49?,50+,51-,52-,53+,54-,56+,57+,65-,66-;/m1./s1. The van der Waals surface area contributed by atoms with Gasteiger partial charge in [-0.05, 0) is 110 Å². The Morgan fingerprint density at radius 2 is 1.31 bits per heavy atom. The molecule has 0 spiro atoms. The fourth-order valence-electron chi connectivity index (χ4n) is 12.5. The van der Waals surface area contributed by atoms with Gasteiger partial charge in [-0.25, -0.2) is 4.79 Å². The van der Waals surface area contributed by atoms with Crippen LogP contribution >= 0.6 is 35.6 Å². The van der Waals surface area contributed by atoms with Crippen molar-refractivity contribution in [2.75, 3.05) is 13.7 Å². The van der Waals surface area contributed by atoms with E-state index in [-0.39, 0.29) is 58.6 Å². The van der Waals surface area contributed by atoms with E-state index >= 15 is 14.4 Å². The Balaban J connectivity index is 0.0000121. The quantitative estimate of drug-likeness (QED) is 0.0764. The van der Waals surface area contributed by atoms with Gasteiger partial charge in [0.2, 0.25) is 53.4 Å². The molecule has 33 nitrogen and oxygen atoms in total. The van der Waals surface area contributed by atoms with Gasteiger partial charge in [-0.3, -0.25) is 33.6 Å². The second-order valence-electron chi connectivity index (χ2n) is 25.7. The van der Waals surface area contributed by atoms with Crippen molar-refractivity contribution in [3.63, 3.8) is 0 Å². The van der Waals surface area contributed by atoms with Crippen molar-refractivity contribution in [1.29, 1.82) is 0 Å². The lowest BCUT2D eigenvalue weighted by atomic mass is 9.86. The first-order valence-electron chi connectivity index (χ1n) is 31.6. The molecule has 7 heterocycles. The third-order valence-electron chi connectivity index (χ3n) is 17.8. The Kier molecular flexibility index (Phi) is 23.8. The number of aliphatic carboxylic acids is 1. The first-order valence-corrected chi connectivity index (χ1v) is 32.4. The number of ether oxygens (including phenoxy) is 6. The molecule has 36 heteroatoms. The lowest BCUT2D eigenvalue weighted by Gasteiger charge is -2.47. The summed E-state index contributed by atoms with van der Waals surface area (Å²) < 4.78 is 38.3. The van der Waals surface area contributed by atoms with Crippen molar-refractivity contribution >= 4 is 82.9 Å². The van der Waals surface area contributed by atoms with Crippen LogP contribution in [0.3, 0.4) is 0 Å². The topological polar surface area (TPSA) is 530 Å². The number of aliphatic hydroxyl groups excluding tert-OH is 6. The van der Waals surface area contributed by atoms with Gasteiger partial charge in [0, 0.05) is 34.7 Å². The molecule has 2 saturated heterocycles. The second-order valence-corrected chi connectivity index (χ2v) is 26.5. The highest BCUT2D eigenvalue weighted by Crippen LogP contribution is 2.50. The maximum absolute atomic E-state index is 16.0. The highest BCUT2D eigenvalue weighted by molar-refractivity contribution is 6.32. The Morgan fingerprint density at radius 1 is 0.716 bits per heavy atom. The number of carbonyl (C=O) groups excluding carboxylic acids is 7. The number of phenolic OH excluding ortho intramolecular Hbond substituents is 3. The lowest BCUT2D eigenvalue weighted by Crippen LogP contribution is -2.64. The third-order valence-corrected chi connectivity index (χ3v) is 18.4. The molecular weight excluding hydrogens is 1410 g/mol. The van der Waals surface area contributed by atoms with Crippen LogP contribution in [0.4, 0.5) is 0 Å². The number of carboxylic acid groups (broad SMARTS) is 1. The summed E-state index contributed by atoms with van der Waals surface area (Å²) in [4.78, 5) is 117. The molecule has 18 atom stereocenters. The fraction of sp³-hybridized carbons (Fsp3) is 0.424. The number of rotatable bonds is 13. The molecule has 21 N–H and O–H groups in total. The van der Waals surface area contributed by atoms with Crippen molar-refractivity contribution in [2.45, 2.75) is 156 Å². The van der Waals surface area contributed by atoms with E-state index in [0.717, 1.165) is 66.7 Å². The number of aromatic hydroxyl groups is 3. The molecule has 7 aliphatic heterocycles. The average molecular weight is 1490 g/mol. The molecular formula is C66H76Cl3N9O24. The molecule has 0 aromatic heterocycles. The molecule has 12 rings (SSSR count). The van der Waals surface area contributed by atoms with E-state index in [4.69, 9.17) is 63.1 Å². The Hall–Kier alpha value is -8.91. The summed E-state index contributed by atoms with van der Waals surface area (Å²) in [5.74, 6) is -16.0. The zero-order chi connectivity index (χ0) is 73.5. The summed E-state index contributed by atoms with van der Waals surface area (Å²) in [6, 6.07) is -0.679. The highest BCUT2D eigenvalue weighted by Gasteiger charge is 2.51. The molecule has 11 bridgehead atoms. The molecule has 1 unspecified atom stereocenters. The summed E-state index contributed by atoms with van der Waals surface area (Å²) in [6.07, 6.45) is -18.6. The van der Waals surface area contributed by atoms with Gasteiger partial charge in [0.15, 0.2) is 29.9 Å². The molecule has 0 radical (unpaired) electrons. The summed E-state index contributed by atoms with van der Waals surface area (Å²) in [5.41, 5.74) is 8.00. The molecule has 102 heavy (non-hydrogen) atoms. The van der Waals surface area contributed by atoms with Crippen LogP contribution in [-0.2, 0) is 52.6 Å². The number of likely N-dealkylation sites (N-methyl/N-ethyl adjacent to an activating group) is 1. The van der Waals surface area contributed by atoms with E-state index in [1.54, 1.807) is 0 Å². The SMILES string of the molecule is CN[C@H](CC(C)C)C(=O)NC1C(=O)N[C@@H](CC(N)=O)C(=O)N[C@H]2C(=O)N[C@H]3C(=O)N[C@H](C(=O)N[C@@H](C(=O)O)c4cc(O)cc(O)c4-c4cc3ccc4O)[C@H](O)c3ccc(c(Cl)c3)Oc3cc2cc(c3O[C@H]2O[C@@H](CO)[C@H](O)[C@@H](O)[C@@H]2O[C@@H]2C[C@@](C)(N)[C@@H](O)[C@@H](C)O2)Oc2ccc(cc2Cl)[C@H]1O.Cl. The summed E-state index contributed by atoms with van der Waals surface area (Å²) in [6.45, 7) is 5.66. The number of carboxylic acids is 1. The van der Waals surface area contributed by atoms with Crippen LogP contribution in [0, 0.1) is 5.92 Å². The molecule has 0 saturated carbocycles. The molecule has 5 aromatic carbocycles. The van der Waals surface area contributed by atoms with Gasteiger partial charge in [0.05, 0.1) is 41.3 Å². The molecule has 7 aliphatic rings. The number of hydrogen-bond donors (Lipinski definition) is 19. The van der Waals surface area contributed by atoms with Gasteiger partial charge in [-0.2, -0.15) is 0 Å². The third kappa shape index (κ3) is 16.3. The molecule has 2 fully saturated rings. The number of hydrogen-bond acceptors (Lipinski definition) is 25. The van der Waals surface area contributed by atoms with E-state index < -0.39 is 237 Å². The maximum atomic E-state index is 16.0. The predicted octanol–water partition coefficient (Wildman–Crippen LogP) is 0.528. The zero-order valence-electron chi connectivity index (χ0n) is 54.7. The number of carbonyl (C=O) groups is 8. The molecule has 550 valence electrons. The van der Waals surface area contributed by atoms with Gasteiger partial charge < -0.3 is 128 Å². The van der Waals surface area contributed by atoms with E-state index in [0.29, 0.717) is 0 Å². The number of primary amides is 1. The van der Waals surface area contributed by atoms with Gasteiger partial charge in [0.1, 0.15) is 89.5 Å². The van der Waals surface area contributed by atoms with Gasteiger partial charge in [0.25, 0.3) is 0 Å². The van der Waals surface area contributed by atoms with Gasteiger partial charge in [-0.15, -0.1) is 12.4 Å². The smallest absolute Gasteiger partial charge is 0.330 e. The highest BCUT2D eigenvalue weighted by atomic mass is 35.5. The van der Waals surface area contributed by atoms with Crippen molar-refractivity contribution in [3.8, 4) is 57.1 Å². The van der Waals surface area contributed by atoms with E-state index in [1.807, 2.05) is 13.8 Å². The van der Waals surface area contributed by atoms with Crippen LogP contribution in [0.15, 0.2) is 78.9 Å². The van der Waals surface area contributed by atoms with E-state index in [2.05, 4.69) is 37.2 Å². The van der Waals surface area contributed by atoms with E-state index in [1.165, 1.54) is 33.0 Å². The van der Waals surface area contributed by atoms with Gasteiger partial charge >= 0.3 is 5.97 Å². The van der Waals surface area contributed by atoms with Gasteiger partial charge in [-0.1, -0.05) is 55.2 Å². The maximum Gasteiger partial charge on any atom is 0.330 e. The monoisotopic (exact) mass is 1480 g/mol. The summed E-state index contributed by atoms with van der Waals surface area (Å²) >= 11 is 14.1. The minimum absolute atomic E-state index is 0. The van der Waals surface area contributed by atoms with Crippen molar-refractivity contribution in [2.24, 2.45) is 17.4 Å². The minimum atomic E-state index is -2.35. The largest absolute Gasteiger partial charge is 0.508 e. The number of halogens is 3. The van der Waals surface area contributed by atoms with Crippen LogP contribution in [0.5, 0.6) is 46.0 Å². The Labute approximate surface area is 596 Å². The number of aliphatic hydroxyl groups is 6. The van der Waals surface area contributed by atoms with Crippen LogP contribution in [-0.4, -0.2) is 191 Å². The van der Waals surface area contributed by atoms with Crippen molar-refractivity contribution < 1.29 is 118 Å². The van der Waals surface area contributed by atoms with E-state index in [9.17, 15) is 75.0 Å². The number of fused-ring (bicyclic) bond motifs is 15. The number of amides is 7. The second kappa shape index (κ2) is 31.4.